The van der Waals surface area contributed by atoms with Crippen LogP contribution in [0.1, 0.15) is 13.3 Å². The van der Waals surface area contributed by atoms with Crippen molar-refractivity contribution in [1.82, 2.24) is 14.9 Å². The SMILES string of the molecule is CCNCCCn1c(-c2ccccc2)nc2ccccc2c1=S. The predicted molar refractivity (Wildman–Crippen MR) is 99.2 cm³/mol. The highest BCUT2D eigenvalue weighted by Gasteiger charge is 2.10. The summed E-state index contributed by atoms with van der Waals surface area (Å²) in [5.41, 5.74) is 2.06. The van der Waals surface area contributed by atoms with E-state index < -0.39 is 0 Å². The summed E-state index contributed by atoms with van der Waals surface area (Å²) in [4.78, 5) is 4.88. The van der Waals surface area contributed by atoms with Crippen molar-refractivity contribution in [1.29, 1.82) is 0 Å². The summed E-state index contributed by atoms with van der Waals surface area (Å²) >= 11 is 5.76. The molecular formula is C19H21N3S. The summed E-state index contributed by atoms with van der Waals surface area (Å²) in [7, 11) is 0. The van der Waals surface area contributed by atoms with E-state index in [4.69, 9.17) is 17.2 Å². The van der Waals surface area contributed by atoms with Gasteiger partial charge in [-0.05, 0) is 31.6 Å². The van der Waals surface area contributed by atoms with Gasteiger partial charge in [0.1, 0.15) is 10.5 Å². The molecule has 0 aliphatic heterocycles. The van der Waals surface area contributed by atoms with Crippen LogP contribution in [0.15, 0.2) is 54.6 Å². The Morgan fingerprint density at radius 1 is 1.04 bits per heavy atom. The van der Waals surface area contributed by atoms with Crippen molar-refractivity contribution in [2.24, 2.45) is 0 Å². The average Bonchev–Trinajstić information content (AvgIpc) is 2.61. The van der Waals surface area contributed by atoms with Crippen LogP contribution in [0.3, 0.4) is 0 Å². The van der Waals surface area contributed by atoms with E-state index in [9.17, 15) is 0 Å². The van der Waals surface area contributed by atoms with E-state index in [-0.39, 0.29) is 0 Å². The number of nitrogens with zero attached hydrogens (tertiary/aromatic N) is 2. The Kier molecular flexibility index (Phi) is 5.16. The van der Waals surface area contributed by atoms with Gasteiger partial charge in [-0.2, -0.15) is 0 Å². The number of fused-ring (bicyclic) bond motifs is 1. The molecule has 0 aliphatic carbocycles. The van der Waals surface area contributed by atoms with Crippen LogP contribution in [0.5, 0.6) is 0 Å². The van der Waals surface area contributed by atoms with Gasteiger partial charge in [-0.15, -0.1) is 0 Å². The number of para-hydroxylation sites is 1. The Morgan fingerprint density at radius 3 is 2.57 bits per heavy atom. The van der Waals surface area contributed by atoms with Gasteiger partial charge in [0.15, 0.2) is 0 Å². The molecule has 0 aliphatic rings. The van der Waals surface area contributed by atoms with Gasteiger partial charge in [-0.25, -0.2) is 4.98 Å². The lowest BCUT2D eigenvalue weighted by Crippen LogP contribution is -2.17. The Morgan fingerprint density at radius 2 is 1.78 bits per heavy atom. The highest BCUT2D eigenvalue weighted by atomic mass is 32.1. The van der Waals surface area contributed by atoms with Crippen LogP contribution in [-0.4, -0.2) is 22.6 Å². The summed E-state index contributed by atoms with van der Waals surface area (Å²) in [5.74, 6) is 0.950. The standard InChI is InChI=1S/C19H21N3S/c1-2-20-13-8-14-22-18(15-9-4-3-5-10-15)21-17-12-7-6-11-16(17)19(22)23/h3-7,9-12,20H,2,8,13-14H2,1H3. The largest absolute Gasteiger partial charge is 0.317 e. The molecule has 0 saturated heterocycles. The van der Waals surface area contributed by atoms with Crippen molar-refractivity contribution in [2.75, 3.05) is 13.1 Å². The minimum atomic E-state index is 0.867. The second-order valence-electron chi connectivity index (χ2n) is 5.48. The van der Waals surface area contributed by atoms with Crippen LogP contribution < -0.4 is 5.32 Å². The number of hydrogen-bond donors (Lipinski definition) is 1. The van der Waals surface area contributed by atoms with Crippen molar-refractivity contribution >= 4 is 23.1 Å². The van der Waals surface area contributed by atoms with Crippen LogP contribution in [0.25, 0.3) is 22.3 Å². The topological polar surface area (TPSA) is 29.9 Å². The van der Waals surface area contributed by atoms with E-state index in [2.05, 4.69) is 35.0 Å². The third-order valence-corrected chi connectivity index (χ3v) is 4.32. The third kappa shape index (κ3) is 3.49. The first-order valence-electron chi connectivity index (χ1n) is 8.07. The first-order valence-corrected chi connectivity index (χ1v) is 8.48. The second-order valence-corrected chi connectivity index (χ2v) is 5.87. The maximum absolute atomic E-state index is 5.76. The smallest absolute Gasteiger partial charge is 0.141 e. The zero-order chi connectivity index (χ0) is 16.1. The van der Waals surface area contributed by atoms with Crippen LogP contribution in [0, 0.1) is 4.64 Å². The molecule has 0 radical (unpaired) electrons. The van der Waals surface area contributed by atoms with Crippen molar-refractivity contribution in [3.63, 3.8) is 0 Å². The van der Waals surface area contributed by atoms with Crippen molar-refractivity contribution in [3.05, 3.63) is 59.2 Å². The third-order valence-electron chi connectivity index (χ3n) is 3.88. The van der Waals surface area contributed by atoms with E-state index in [1.807, 2.05) is 36.4 Å². The summed E-state index contributed by atoms with van der Waals surface area (Å²) in [6, 6.07) is 18.4. The van der Waals surface area contributed by atoms with Gasteiger partial charge in [0.25, 0.3) is 0 Å². The van der Waals surface area contributed by atoms with Gasteiger partial charge in [-0.3, -0.25) is 0 Å². The summed E-state index contributed by atoms with van der Waals surface area (Å²) < 4.78 is 3.04. The molecule has 0 saturated carbocycles. The quantitative estimate of drug-likeness (QED) is 0.537. The number of nitrogens with one attached hydrogen (secondary N) is 1. The van der Waals surface area contributed by atoms with Gasteiger partial charge in [0.05, 0.1) is 5.52 Å². The molecule has 0 unspecified atom stereocenters. The van der Waals surface area contributed by atoms with Crippen molar-refractivity contribution < 1.29 is 0 Å². The fourth-order valence-electron chi connectivity index (χ4n) is 2.72. The van der Waals surface area contributed by atoms with Gasteiger partial charge >= 0.3 is 0 Å². The molecule has 0 bridgehead atoms. The molecule has 118 valence electrons. The molecule has 23 heavy (non-hydrogen) atoms. The van der Waals surface area contributed by atoms with Crippen LogP contribution in [0.2, 0.25) is 0 Å². The van der Waals surface area contributed by atoms with Crippen LogP contribution in [-0.2, 0) is 6.54 Å². The molecular weight excluding hydrogens is 302 g/mol. The monoisotopic (exact) mass is 323 g/mol. The highest BCUT2D eigenvalue weighted by molar-refractivity contribution is 7.71. The molecule has 0 atom stereocenters. The molecule has 1 N–H and O–H groups in total. The molecule has 1 aromatic heterocycles. The first-order chi connectivity index (χ1) is 11.3. The van der Waals surface area contributed by atoms with Gasteiger partial charge in [0.2, 0.25) is 0 Å². The molecule has 4 heteroatoms. The first kappa shape index (κ1) is 15.8. The molecule has 2 aromatic carbocycles. The Bertz CT molecular complexity index is 840. The number of benzene rings is 2. The van der Waals surface area contributed by atoms with Crippen molar-refractivity contribution in [2.45, 2.75) is 19.9 Å². The molecule has 0 spiro atoms. The van der Waals surface area contributed by atoms with E-state index in [1.54, 1.807) is 0 Å². The Balaban J connectivity index is 2.10. The minimum absolute atomic E-state index is 0.867. The molecule has 1 heterocycles. The molecule has 3 rings (SSSR count). The second kappa shape index (κ2) is 7.49. The Hall–Kier alpha value is -2.04. The maximum Gasteiger partial charge on any atom is 0.141 e. The number of aromatic nitrogens is 2. The van der Waals surface area contributed by atoms with Crippen LogP contribution in [0.4, 0.5) is 0 Å². The van der Waals surface area contributed by atoms with Gasteiger partial charge in [-0.1, -0.05) is 61.6 Å². The number of hydrogen-bond acceptors (Lipinski definition) is 3. The van der Waals surface area contributed by atoms with Gasteiger partial charge < -0.3 is 9.88 Å². The van der Waals surface area contributed by atoms with Crippen molar-refractivity contribution in [3.8, 4) is 11.4 Å². The van der Waals surface area contributed by atoms with E-state index in [0.29, 0.717) is 0 Å². The molecule has 0 fully saturated rings. The lowest BCUT2D eigenvalue weighted by atomic mass is 10.2. The summed E-state index contributed by atoms with van der Waals surface area (Å²) in [6.07, 6.45) is 1.03. The predicted octanol–water partition coefficient (Wildman–Crippen LogP) is 4.43. The van der Waals surface area contributed by atoms with E-state index in [1.165, 1.54) is 0 Å². The lowest BCUT2D eigenvalue weighted by molar-refractivity contribution is 0.588. The zero-order valence-corrected chi connectivity index (χ0v) is 14.1. The molecule has 3 nitrogen and oxygen atoms in total. The molecule has 3 aromatic rings. The summed E-state index contributed by atoms with van der Waals surface area (Å²) in [6.45, 7) is 4.97. The maximum atomic E-state index is 5.76. The number of rotatable bonds is 6. The lowest BCUT2D eigenvalue weighted by Gasteiger charge is -2.15. The van der Waals surface area contributed by atoms with Crippen LogP contribution >= 0.6 is 12.2 Å². The summed E-state index contributed by atoms with van der Waals surface area (Å²) in [5, 5.41) is 4.41. The molecule has 0 amide bonds. The normalized spacial score (nSPS) is 11.0. The fraction of sp³-hybridized carbons (Fsp3) is 0.263. The fourth-order valence-corrected chi connectivity index (χ4v) is 3.07. The average molecular weight is 323 g/mol. The van der Waals surface area contributed by atoms with Gasteiger partial charge in [0, 0.05) is 17.5 Å². The highest BCUT2D eigenvalue weighted by Crippen LogP contribution is 2.23. The zero-order valence-electron chi connectivity index (χ0n) is 13.3. The van der Waals surface area contributed by atoms with E-state index in [0.717, 1.165) is 53.0 Å². The van der Waals surface area contributed by atoms with E-state index >= 15 is 0 Å². The Labute approximate surface area is 142 Å². The minimum Gasteiger partial charge on any atom is -0.317 e.